The van der Waals surface area contributed by atoms with E-state index in [9.17, 15) is 9.59 Å². The highest BCUT2D eigenvalue weighted by Crippen LogP contribution is 1.74. The lowest BCUT2D eigenvalue weighted by Crippen LogP contribution is -2.18. The van der Waals surface area contributed by atoms with Crippen LogP contribution in [0.3, 0.4) is 0 Å². The molecule has 0 aromatic heterocycles. The number of carbonyl (C=O) groups excluding carboxylic acids is 2. The third-order valence-electron chi connectivity index (χ3n) is 0.902. The molecule has 0 saturated heterocycles. The van der Waals surface area contributed by atoms with E-state index in [2.05, 4.69) is 17.0 Å². The molecule has 0 bridgehead atoms. The van der Waals surface area contributed by atoms with Crippen LogP contribution >= 0.6 is 0 Å². The van der Waals surface area contributed by atoms with Crippen LogP contribution in [-0.4, -0.2) is 37.6 Å². The van der Waals surface area contributed by atoms with E-state index in [1.54, 1.807) is 21.0 Å². The molecule has 0 heterocycles. The third kappa shape index (κ3) is 13.5. The summed E-state index contributed by atoms with van der Waals surface area (Å²) >= 11 is 0. The summed E-state index contributed by atoms with van der Waals surface area (Å²) in [7, 11) is 3.37. The fourth-order valence-electron chi connectivity index (χ4n) is 0.325. The summed E-state index contributed by atoms with van der Waals surface area (Å²) in [5.74, 6) is -0.0556. The molecule has 0 spiro atoms. The Morgan fingerprint density at radius 1 is 1.54 bits per heavy atom. The van der Waals surface area contributed by atoms with E-state index >= 15 is 0 Å². The molecular formula is C8H16N2O3. The first-order valence-corrected chi connectivity index (χ1v) is 3.71. The lowest BCUT2D eigenvalue weighted by molar-refractivity contribution is -0.123. The molecule has 2 N–H and O–H groups in total. The molecule has 0 aromatic carbocycles. The lowest BCUT2D eigenvalue weighted by Gasteiger charge is -2.03. The van der Waals surface area contributed by atoms with E-state index in [0.717, 1.165) is 0 Å². The molecule has 0 unspecified atom stereocenters. The Morgan fingerprint density at radius 2 is 2.00 bits per heavy atom. The predicted octanol–water partition coefficient (Wildman–Crippen LogP) is 0.362. The quantitative estimate of drug-likeness (QED) is 0.636. The van der Waals surface area contributed by atoms with Gasteiger partial charge in [-0.25, -0.2) is 4.79 Å². The summed E-state index contributed by atoms with van der Waals surface area (Å²) in [5, 5.41) is 0. The zero-order chi connectivity index (χ0) is 10.9. The molecule has 5 heteroatoms. The van der Waals surface area contributed by atoms with Crippen molar-refractivity contribution < 1.29 is 14.3 Å². The Labute approximate surface area is 78.1 Å². The fourth-order valence-corrected chi connectivity index (χ4v) is 0.325. The van der Waals surface area contributed by atoms with Gasteiger partial charge in [0.25, 0.3) is 0 Å². The maximum Gasteiger partial charge on any atom is 0.404 e. The summed E-state index contributed by atoms with van der Waals surface area (Å²) in [6, 6.07) is 0. The van der Waals surface area contributed by atoms with Gasteiger partial charge in [-0.1, -0.05) is 6.58 Å². The average molecular weight is 188 g/mol. The van der Waals surface area contributed by atoms with Crippen LogP contribution in [0.15, 0.2) is 12.7 Å². The Kier molecular flexibility index (Phi) is 9.25. The summed E-state index contributed by atoms with van der Waals surface area (Å²) in [5.41, 5.74) is 4.54. The highest BCUT2D eigenvalue weighted by atomic mass is 16.5. The summed E-state index contributed by atoms with van der Waals surface area (Å²) in [6.07, 6.45) is 0.567. The number of carbonyl (C=O) groups is 2. The summed E-state index contributed by atoms with van der Waals surface area (Å²) in [6.45, 7) is 5.35. The number of hydrogen-bond donors (Lipinski definition) is 1. The van der Waals surface area contributed by atoms with Crippen LogP contribution in [0.2, 0.25) is 0 Å². The zero-order valence-corrected chi connectivity index (χ0v) is 8.24. The van der Waals surface area contributed by atoms with E-state index in [-0.39, 0.29) is 5.91 Å². The molecule has 0 aliphatic carbocycles. The van der Waals surface area contributed by atoms with Gasteiger partial charge in [-0.15, -0.1) is 0 Å². The smallest absolute Gasteiger partial charge is 0.404 e. The second-order valence-corrected chi connectivity index (χ2v) is 2.19. The third-order valence-corrected chi connectivity index (χ3v) is 0.902. The minimum Gasteiger partial charge on any atom is -0.450 e. The SMILES string of the molecule is C=CC(=O)N(C)C.CCOC(N)=O. The number of likely N-dealkylation sites (N-methyl/N-ethyl adjacent to an activating group) is 1. The summed E-state index contributed by atoms with van der Waals surface area (Å²) in [4.78, 5) is 21.4. The molecule has 0 saturated carbocycles. The van der Waals surface area contributed by atoms with Crippen molar-refractivity contribution in [1.29, 1.82) is 0 Å². The average Bonchev–Trinajstić information content (AvgIpc) is 2.03. The van der Waals surface area contributed by atoms with Crippen LogP contribution in [0.1, 0.15) is 6.92 Å². The molecule has 0 rings (SSSR count). The number of ether oxygens (including phenoxy) is 1. The van der Waals surface area contributed by atoms with Gasteiger partial charge in [0.2, 0.25) is 5.91 Å². The van der Waals surface area contributed by atoms with Gasteiger partial charge in [-0.05, 0) is 13.0 Å². The summed E-state index contributed by atoms with van der Waals surface area (Å²) < 4.78 is 4.18. The van der Waals surface area contributed by atoms with Crippen LogP contribution in [0.5, 0.6) is 0 Å². The molecule has 13 heavy (non-hydrogen) atoms. The molecule has 2 amide bonds. The predicted molar refractivity (Wildman–Crippen MR) is 50.1 cm³/mol. The van der Waals surface area contributed by atoms with Gasteiger partial charge in [0.05, 0.1) is 6.61 Å². The highest BCUT2D eigenvalue weighted by molar-refractivity contribution is 5.86. The van der Waals surface area contributed by atoms with Crippen LogP contribution in [0.25, 0.3) is 0 Å². The number of nitrogens with two attached hydrogens (primary N) is 1. The van der Waals surface area contributed by atoms with Gasteiger partial charge in [-0.3, -0.25) is 4.79 Å². The molecule has 0 aliphatic rings. The van der Waals surface area contributed by atoms with Crippen molar-refractivity contribution in [2.45, 2.75) is 6.92 Å². The van der Waals surface area contributed by atoms with Gasteiger partial charge in [0.1, 0.15) is 0 Å². The minimum atomic E-state index is -0.711. The Bertz CT molecular complexity index is 178. The topological polar surface area (TPSA) is 72.6 Å². The largest absolute Gasteiger partial charge is 0.450 e. The van der Waals surface area contributed by atoms with Crippen molar-refractivity contribution in [3.05, 3.63) is 12.7 Å². The first-order chi connectivity index (χ1) is 5.95. The first kappa shape index (κ1) is 14.0. The number of primary amides is 1. The van der Waals surface area contributed by atoms with Crippen molar-refractivity contribution in [3.8, 4) is 0 Å². The number of nitrogens with zero attached hydrogens (tertiary/aromatic N) is 1. The molecule has 0 atom stereocenters. The lowest BCUT2D eigenvalue weighted by atomic mass is 10.5. The van der Waals surface area contributed by atoms with E-state index < -0.39 is 6.09 Å². The van der Waals surface area contributed by atoms with Crippen LogP contribution in [0.4, 0.5) is 4.79 Å². The van der Waals surface area contributed by atoms with E-state index in [4.69, 9.17) is 0 Å². The number of rotatable bonds is 2. The highest BCUT2D eigenvalue weighted by Gasteiger charge is 1.91. The zero-order valence-electron chi connectivity index (χ0n) is 8.24. The van der Waals surface area contributed by atoms with Gasteiger partial charge in [0.15, 0.2) is 0 Å². The second kappa shape index (κ2) is 8.58. The van der Waals surface area contributed by atoms with Crippen molar-refractivity contribution in [3.63, 3.8) is 0 Å². The maximum atomic E-state index is 10.3. The maximum absolute atomic E-state index is 10.3. The molecule has 0 aliphatic heterocycles. The fraction of sp³-hybridized carbons (Fsp3) is 0.500. The van der Waals surface area contributed by atoms with E-state index in [1.165, 1.54) is 11.0 Å². The molecule has 0 fully saturated rings. The Morgan fingerprint density at radius 3 is 2.00 bits per heavy atom. The Hall–Kier alpha value is -1.52. The minimum absolute atomic E-state index is 0.0556. The van der Waals surface area contributed by atoms with Gasteiger partial charge < -0.3 is 15.4 Å². The van der Waals surface area contributed by atoms with Crippen LogP contribution < -0.4 is 5.73 Å². The van der Waals surface area contributed by atoms with Gasteiger partial charge >= 0.3 is 6.09 Å². The van der Waals surface area contributed by atoms with Crippen molar-refractivity contribution in [1.82, 2.24) is 4.90 Å². The van der Waals surface area contributed by atoms with Crippen molar-refractivity contribution >= 4 is 12.0 Å². The second-order valence-electron chi connectivity index (χ2n) is 2.19. The molecule has 5 nitrogen and oxygen atoms in total. The molecule has 0 aromatic rings. The monoisotopic (exact) mass is 188 g/mol. The number of amides is 2. The molecule has 76 valence electrons. The van der Waals surface area contributed by atoms with E-state index in [0.29, 0.717) is 6.61 Å². The van der Waals surface area contributed by atoms with Gasteiger partial charge in [0, 0.05) is 14.1 Å². The van der Waals surface area contributed by atoms with Crippen LogP contribution in [-0.2, 0) is 9.53 Å². The normalized spacial score (nSPS) is 7.62. The molecule has 0 radical (unpaired) electrons. The van der Waals surface area contributed by atoms with Crippen LogP contribution in [0, 0.1) is 0 Å². The van der Waals surface area contributed by atoms with Gasteiger partial charge in [-0.2, -0.15) is 0 Å². The number of hydrogen-bond acceptors (Lipinski definition) is 3. The van der Waals surface area contributed by atoms with E-state index in [1.807, 2.05) is 0 Å². The molecular weight excluding hydrogens is 172 g/mol. The standard InChI is InChI=1S/C5H9NO.C3H7NO2/c1-4-5(7)6(2)3;1-2-6-3(4)5/h4H,1H2,2-3H3;2H2,1H3,(H2,4,5). The first-order valence-electron chi connectivity index (χ1n) is 3.71. The Balaban J connectivity index is 0. The van der Waals surface area contributed by atoms with Crippen molar-refractivity contribution in [2.24, 2.45) is 5.73 Å². The van der Waals surface area contributed by atoms with Crippen molar-refractivity contribution in [2.75, 3.05) is 20.7 Å².